The van der Waals surface area contributed by atoms with E-state index >= 15 is 0 Å². The van der Waals surface area contributed by atoms with Crippen LogP contribution in [0, 0.1) is 17.8 Å². The molecule has 11 amide bonds. The van der Waals surface area contributed by atoms with Crippen molar-refractivity contribution in [3.05, 3.63) is 0 Å². The number of carbonyl (C=O) groups is 11. The van der Waals surface area contributed by atoms with Crippen molar-refractivity contribution in [2.75, 3.05) is 33.2 Å². The van der Waals surface area contributed by atoms with Gasteiger partial charge in [0.15, 0.2) is 5.96 Å². The van der Waals surface area contributed by atoms with Crippen molar-refractivity contribution in [1.29, 1.82) is 0 Å². The summed E-state index contributed by atoms with van der Waals surface area (Å²) in [6.07, 6.45) is 0.497. The van der Waals surface area contributed by atoms with Gasteiger partial charge in [0.1, 0.15) is 48.3 Å². The quantitative estimate of drug-likeness (QED) is 0.0180. The van der Waals surface area contributed by atoms with Crippen LogP contribution in [-0.2, 0) is 52.7 Å². The van der Waals surface area contributed by atoms with Crippen LogP contribution in [-0.4, -0.2) is 174 Å². The first kappa shape index (κ1) is 66.4. The van der Waals surface area contributed by atoms with E-state index in [1.54, 1.807) is 55.4 Å². The van der Waals surface area contributed by atoms with E-state index in [1.807, 2.05) is 0 Å². The van der Waals surface area contributed by atoms with Crippen molar-refractivity contribution in [3.8, 4) is 0 Å². The third kappa shape index (κ3) is 22.4. The number of likely N-dealkylation sites (N-methyl/N-ethyl adjacent to an activating group) is 2. The van der Waals surface area contributed by atoms with E-state index in [-0.39, 0.29) is 50.5 Å². The molecule has 0 spiro atoms. The first-order chi connectivity index (χ1) is 35.1. The molecule has 0 aliphatic carbocycles. The molecule has 1 aliphatic rings. The predicted octanol–water partition coefficient (Wildman–Crippen LogP) is -2.77. The molecule has 0 aromatic rings. The maximum absolute atomic E-state index is 14.2. The van der Waals surface area contributed by atoms with E-state index < -0.39 is 138 Å². The van der Waals surface area contributed by atoms with Gasteiger partial charge in [0, 0.05) is 40.0 Å². The second kappa shape index (κ2) is 33.3. The summed E-state index contributed by atoms with van der Waals surface area (Å²) < 4.78 is 0. The number of primary amides is 1. The zero-order valence-electron chi connectivity index (χ0n) is 45.8. The molecule has 0 unspecified atom stereocenters. The summed E-state index contributed by atoms with van der Waals surface area (Å²) in [6, 6.07) is -9.99. The number of guanidine groups is 1. The molecule has 0 bridgehead atoms. The van der Waals surface area contributed by atoms with Gasteiger partial charge in [-0.05, 0) is 70.1 Å². The molecule has 15 N–H and O–H groups in total. The van der Waals surface area contributed by atoms with E-state index in [2.05, 4.69) is 47.5 Å². The highest BCUT2D eigenvalue weighted by atomic mass is 16.3. The van der Waals surface area contributed by atoms with Crippen LogP contribution >= 0.6 is 0 Å². The molecule has 0 aromatic carbocycles. The predicted molar refractivity (Wildman–Crippen MR) is 279 cm³/mol. The number of hydrogen-bond acceptors (Lipinski definition) is 13. The molecule has 0 radical (unpaired) electrons. The third-order valence-electron chi connectivity index (χ3n) is 13.1. The maximum atomic E-state index is 14.2. The van der Waals surface area contributed by atoms with Crippen LogP contribution in [0.1, 0.15) is 133 Å². The van der Waals surface area contributed by atoms with Crippen LogP contribution in [0.5, 0.6) is 0 Å². The number of nitrogens with one attached hydrogen (secondary N) is 8. The molecule has 426 valence electrons. The summed E-state index contributed by atoms with van der Waals surface area (Å²) in [5.41, 5.74) is 16.3. The second-order valence-electron chi connectivity index (χ2n) is 19.6. The number of carbonyl (C=O) groups excluding carboxylic acids is 11. The van der Waals surface area contributed by atoms with Crippen LogP contribution in [0.15, 0.2) is 4.99 Å². The number of aliphatic imine (C=N–C) groups is 1. The van der Waals surface area contributed by atoms with E-state index in [9.17, 15) is 57.8 Å². The zero-order chi connectivity index (χ0) is 57.3. The highest BCUT2D eigenvalue weighted by molar-refractivity contribution is 5.99. The Bertz CT molecular complexity index is 2000. The zero-order valence-corrected chi connectivity index (χ0v) is 45.8. The van der Waals surface area contributed by atoms with E-state index in [1.165, 1.54) is 25.8 Å². The van der Waals surface area contributed by atoms with Gasteiger partial charge in [-0.25, -0.2) is 0 Å². The Balaban J connectivity index is 3.40. The number of amides is 11. The fourth-order valence-electron chi connectivity index (χ4n) is 8.10. The van der Waals surface area contributed by atoms with Crippen molar-refractivity contribution < 1.29 is 57.8 Å². The molecule has 26 heteroatoms. The molecule has 75 heavy (non-hydrogen) atoms. The average molecular weight is 1070 g/mol. The third-order valence-corrected chi connectivity index (χ3v) is 13.1. The Morgan fingerprint density at radius 2 is 1.15 bits per heavy atom. The summed E-state index contributed by atoms with van der Waals surface area (Å²) in [5, 5.41) is 32.0. The minimum atomic E-state index is -1.67. The monoisotopic (exact) mass is 1060 g/mol. The molecule has 0 saturated carbocycles. The van der Waals surface area contributed by atoms with Gasteiger partial charge in [-0.3, -0.25) is 57.7 Å². The van der Waals surface area contributed by atoms with E-state index in [0.29, 0.717) is 45.2 Å². The van der Waals surface area contributed by atoms with Crippen LogP contribution in [0.4, 0.5) is 0 Å². The van der Waals surface area contributed by atoms with Crippen LogP contribution in [0.2, 0.25) is 0 Å². The second-order valence-corrected chi connectivity index (χ2v) is 19.6. The molecule has 1 heterocycles. The maximum Gasteiger partial charge on any atom is 0.245 e. The lowest BCUT2D eigenvalue weighted by Gasteiger charge is -2.32. The molecule has 1 saturated heterocycles. The van der Waals surface area contributed by atoms with Gasteiger partial charge in [-0.15, -0.1) is 0 Å². The number of nitrogens with two attached hydrogens (primary N) is 3. The Hall–Kier alpha value is -6.60. The number of rotatable bonds is 33. The lowest BCUT2D eigenvalue weighted by Crippen LogP contribution is -2.63. The Labute approximate surface area is 441 Å². The van der Waals surface area contributed by atoms with Gasteiger partial charge in [-0.1, -0.05) is 67.7 Å². The Kier molecular flexibility index (Phi) is 29.5. The van der Waals surface area contributed by atoms with Gasteiger partial charge < -0.3 is 74.6 Å². The standard InChI is InChI=1S/C49H88N14O12/c1-12-18-31(41(68)59-38(27(7)13-2)45(72)57-33(19-16-23-54-49(51)52)48(75)63-24-17-20-34(63)43(70)53-15-4)56-47(74)40(29(9)64)61-46(73)39(28(8)14-3)60-44(71)37(26(5)6)58-42(69)32(21-22-35(50)66)55-36(67)25-62(11)30(10)65/h26-29,31-34,37-40,64H,12-25H2,1-11H3,(H2,50,66)(H,53,70)(H,55,67)(H,56,74)(H,57,72)(H,58,69)(H,59,68)(H,60,71)(H,61,73)(H4,51,52,54)/t27-,28-,29+,31-,32-,33-,34-,37-,38-,39+,40-/m0/s1. The molecular weight excluding hydrogens is 977 g/mol. The highest BCUT2D eigenvalue weighted by Gasteiger charge is 2.40. The summed E-state index contributed by atoms with van der Waals surface area (Å²) in [7, 11) is 1.38. The molecule has 1 aliphatic heterocycles. The lowest BCUT2D eigenvalue weighted by atomic mass is 9.95. The molecule has 11 atom stereocenters. The molecular formula is C49H88N14O12. The molecule has 1 fully saturated rings. The van der Waals surface area contributed by atoms with Gasteiger partial charge in [0.05, 0.1) is 12.6 Å². The Morgan fingerprint density at radius 1 is 0.653 bits per heavy atom. The van der Waals surface area contributed by atoms with Crippen LogP contribution in [0.25, 0.3) is 0 Å². The number of nitrogens with zero attached hydrogens (tertiary/aromatic N) is 3. The number of aliphatic hydroxyl groups excluding tert-OH is 1. The molecule has 26 nitrogen and oxygen atoms in total. The fraction of sp³-hybridized carbons (Fsp3) is 0.755. The van der Waals surface area contributed by atoms with Crippen molar-refractivity contribution >= 4 is 70.9 Å². The minimum absolute atomic E-state index is 0.0609. The minimum Gasteiger partial charge on any atom is -0.391 e. The Morgan fingerprint density at radius 3 is 1.64 bits per heavy atom. The van der Waals surface area contributed by atoms with Gasteiger partial charge in [-0.2, -0.15) is 0 Å². The number of hydrogen-bond donors (Lipinski definition) is 12. The number of aliphatic hydroxyl groups is 1. The van der Waals surface area contributed by atoms with Crippen LogP contribution < -0.4 is 59.7 Å². The summed E-state index contributed by atoms with van der Waals surface area (Å²) in [4.78, 5) is 154. The lowest BCUT2D eigenvalue weighted by molar-refractivity contribution is -0.142. The average Bonchev–Trinajstić information content (AvgIpc) is 3.84. The van der Waals surface area contributed by atoms with Crippen molar-refractivity contribution in [1.82, 2.24) is 52.3 Å². The van der Waals surface area contributed by atoms with Gasteiger partial charge >= 0.3 is 0 Å². The van der Waals surface area contributed by atoms with E-state index in [0.717, 1.165) is 4.90 Å². The van der Waals surface area contributed by atoms with E-state index in [4.69, 9.17) is 17.2 Å². The summed E-state index contributed by atoms with van der Waals surface area (Å²) in [6.45, 7) is 16.6. The fourth-order valence-corrected chi connectivity index (χ4v) is 8.10. The van der Waals surface area contributed by atoms with Gasteiger partial charge in [0.25, 0.3) is 0 Å². The summed E-state index contributed by atoms with van der Waals surface area (Å²) in [5.74, 6) is -9.46. The van der Waals surface area contributed by atoms with Crippen LogP contribution in [0.3, 0.4) is 0 Å². The van der Waals surface area contributed by atoms with Gasteiger partial charge in [0.2, 0.25) is 65.0 Å². The van der Waals surface area contributed by atoms with Crippen molar-refractivity contribution in [2.45, 2.75) is 188 Å². The first-order valence-electron chi connectivity index (χ1n) is 26.1. The molecule has 0 aromatic heterocycles. The SMILES string of the molecule is CCC[C@H](NC(=O)[C@@H](NC(=O)[C@H](NC(=O)[C@@H](NC(=O)[C@H](CCC(N)=O)NC(=O)CN(C)C(C)=O)C(C)C)[C@@H](C)CC)[C@@H](C)O)C(=O)N[C@H](C(=O)N[C@@H](CCCN=C(N)N)C(=O)N1CCC[C@H]1C(=O)NCC)[C@@H](C)CC. The van der Waals surface area contributed by atoms with Crippen molar-refractivity contribution in [3.63, 3.8) is 0 Å². The molecule has 1 rings (SSSR count). The topological polar surface area (TPSA) is 401 Å². The largest absolute Gasteiger partial charge is 0.391 e. The highest BCUT2D eigenvalue weighted by Crippen LogP contribution is 2.21. The summed E-state index contributed by atoms with van der Waals surface area (Å²) >= 11 is 0. The van der Waals surface area contributed by atoms with Crippen molar-refractivity contribution in [2.24, 2.45) is 39.9 Å². The number of likely N-dealkylation sites (tertiary alicyclic amines) is 1. The first-order valence-corrected chi connectivity index (χ1v) is 26.1. The smallest absolute Gasteiger partial charge is 0.245 e. The normalized spacial score (nSPS) is 17.1.